The molecular weight excluding hydrogens is 362 g/mol. The van der Waals surface area contributed by atoms with Gasteiger partial charge in [-0.2, -0.15) is 5.26 Å². The summed E-state index contributed by atoms with van der Waals surface area (Å²) in [5.41, 5.74) is 1.44. The van der Waals surface area contributed by atoms with E-state index in [1.165, 1.54) is 115 Å². The van der Waals surface area contributed by atoms with Crippen LogP contribution in [-0.4, -0.2) is 0 Å². The zero-order valence-corrected chi connectivity index (χ0v) is 20.3. The van der Waals surface area contributed by atoms with E-state index in [0.29, 0.717) is 0 Å². The Morgan fingerprint density at radius 1 is 0.800 bits per heavy atom. The molecule has 0 radical (unpaired) electrons. The summed E-state index contributed by atoms with van der Waals surface area (Å²) in [6.45, 7) is 4.61. The highest BCUT2D eigenvalue weighted by Crippen LogP contribution is 2.51. The lowest BCUT2D eigenvalue weighted by Crippen LogP contribution is -2.33. The molecule has 0 heterocycles. The number of nitriles is 1. The van der Waals surface area contributed by atoms with Crippen LogP contribution >= 0.6 is 0 Å². The summed E-state index contributed by atoms with van der Waals surface area (Å²) < 4.78 is 0. The summed E-state index contributed by atoms with van der Waals surface area (Å²) in [7, 11) is 0. The summed E-state index contributed by atoms with van der Waals surface area (Å²) in [5, 5.41) is 10.2. The predicted octanol–water partition coefficient (Wildman–Crippen LogP) is 9.38. The van der Waals surface area contributed by atoms with E-state index < -0.39 is 0 Å². The molecule has 0 spiro atoms. The smallest absolute Gasteiger partial charge is 0.0782 e. The molecule has 0 unspecified atom stereocenters. The van der Waals surface area contributed by atoms with Crippen molar-refractivity contribution < 1.29 is 0 Å². The standard InChI is InChI=1S/C29H49N/c1-3-5-7-9-24-11-15-26(16-12-24)27-19-21-29(23-30,22-20-27)28-17-13-25(14-18-28)10-8-6-4-2/h17,24-27H,3-16,18-22H2,1-2H3/t24?,25-,26?,27-,29-/m0/s1. The second-order valence-corrected chi connectivity index (χ2v) is 11.2. The first kappa shape index (κ1) is 23.9. The first-order valence-electron chi connectivity index (χ1n) is 13.8. The molecule has 1 heteroatoms. The average Bonchev–Trinajstić information content (AvgIpc) is 2.80. The number of unbranched alkanes of at least 4 members (excludes halogenated alkanes) is 4. The van der Waals surface area contributed by atoms with Crippen molar-refractivity contribution in [3.05, 3.63) is 11.6 Å². The maximum absolute atomic E-state index is 10.2. The van der Waals surface area contributed by atoms with Gasteiger partial charge in [-0.3, -0.25) is 0 Å². The first-order chi connectivity index (χ1) is 14.7. The largest absolute Gasteiger partial charge is 0.197 e. The highest BCUT2D eigenvalue weighted by Gasteiger charge is 2.41. The Balaban J connectivity index is 1.44. The first-order valence-corrected chi connectivity index (χ1v) is 13.8. The molecule has 0 bridgehead atoms. The molecule has 3 aliphatic carbocycles. The van der Waals surface area contributed by atoms with Gasteiger partial charge in [0.15, 0.2) is 0 Å². The highest BCUT2D eigenvalue weighted by atomic mass is 14.5. The highest BCUT2D eigenvalue weighted by molar-refractivity contribution is 5.26. The minimum Gasteiger partial charge on any atom is -0.197 e. The molecule has 3 aliphatic rings. The van der Waals surface area contributed by atoms with Crippen LogP contribution in [0.1, 0.15) is 136 Å². The molecule has 0 aromatic heterocycles. The summed E-state index contributed by atoms with van der Waals surface area (Å²) in [4.78, 5) is 0. The molecule has 2 fully saturated rings. The van der Waals surface area contributed by atoms with E-state index in [1.54, 1.807) is 0 Å². The Kier molecular flexibility index (Phi) is 9.80. The molecule has 0 aromatic rings. The fourth-order valence-corrected chi connectivity index (χ4v) is 7.01. The van der Waals surface area contributed by atoms with E-state index in [-0.39, 0.29) is 5.41 Å². The molecule has 0 N–H and O–H groups in total. The van der Waals surface area contributed by atoms with Crippen LogP contribution in [0.5, 0.6) is 0 Å². The van der Waals surface area contributed by atoms with Gasteiger partial charge in [0.25, 0.3) is 0 Å². The Bertz CT molecular complexity index is 551. The Morgan fingerprint density at radius 3 is 1.93 bits per heavy atom. The third kappa shape index (κ3) is 6.37. The van der Waals surface area contributed by atoms with Crippen molar-refractivity contribution in [2.75, 3.05) is 0 Å². The molecule has 0 aliphatic heterocycles. The third-order valence-corrected chi connectivity index (χ3v) is 9.22. The van der Waals surface area contributed by atoms with Crippen molar-refractivity contribution in [2.45, 2.75) is 136 Å². The second kappa shape index (κ2) is 12.3. The van der Waals surface area contributed by atoms with E-state index in [4.69, 9.17) is 0 Å². The third-order valence-electron chi connectivity index (χ3n) is 9.22. The van der Waals surface area contributed by atoms with E-state index in [2.05, 4.69) is 26.0 Å². The van der Waals surface area contributed by atoms with Gasteiger partial charge in [0.2, 0.25) is 0 Å². The van der Waals surface area contributed by atoms with Crippen LogP contribution in [0.15, 0.2) is 11.6 Å². The van der Waals surface area contributed by atoms with Gasteiger partial charge in [0.1, 0.15) is 0 Å². The van der Waals surface area contributed by atoms with Crippen LogP contribution in [0.4, 0.5) is 0 Å². The average molecular weight is 412 g/mol. The SMILES string of the molecule is CCCCCC1CCC([C@H]2CC[C@](C#N)(C3=CC[C@H](CCCCC)CC3)CC2)CC1. The summed E-state index contributed by atoms with van der Waals surface area (Å²) in [6, 6.07) is 2.85. The lowest BCUT2D eigenvalue weighted by molar-refractivity contribution is 0.130. The van der Waals surface area contributed by atoms with Crippen LogP contribution in [0.2, 0.25) is 0 Å². The van der Waals surface area contributed by atoms with Gasteiger partial charge < -0.3 is 0 Å². The van der Waals surface area contributed by atoms with Gasteiger partial charge in [-0.1, -0.05) is 89.7 Å². The van der Waals surface area contributed by atoms with Crippen molar-refractivity contribution in [3.63, 3.8) is 0 Å². The number of rotatable bonds is 10. The maximum Gasteiger partial charge on any atom is 0.0782 e. The Labute approximate surface area is 188 Å². The van der Waals surface area contributed by atoms with Crippen LogP contribution in [-0.2, 0) is 0 Å². The minimum absolute atomic E-state index is 0.0950. The molecule has 30 heavy (non-hydrogen) atoms. The number of allylic oxidation sites excluding steroid dienone is 2. The summed E-state index contributed by atoms with van der Waals surface area (Å²) >= 11 is 0. The van der Waals surface area contributed by atoms with E-state index in [9.17, 15) is 5.26 Å². The molecular formula is C29H49N. The molecule has 1 atom stereocenters. The molecule has 2 saturated carbocycles. The van der Waals surface area contributed by atoms with Crippen molar-refractivity contribution in [2.24, 2.45) is 29.1 Å². The van der Waals surface area contributed by atoms with E-state index >= 15 is 0 Å². The molecule has 3 rings (SSSR count). The summed E-state index contributed by atoms with van der Waals surface area (Å²) in [6.07, 6.45) is 28.4. The zero-order valence-electron chi connectivity index (χ0n) is 20.3. The predicted molar refractivity (Wildman–Crippen MR) is 129 cm³/mol. The minimum atomic E-state index is -0.0950. The molecule has 0 aromatic carbocycles. The number of hydrogen-bond acceptors (Lipinski definition) is 1. The fraction of sp³-hybridized carbons (Fsp3) is 0.897. The van der Waals surface area contributed by atoms with E-state index in [1.807, 2.05) is 0 Å². The van der Waals surface area contributed by atoms with E-state index in [0.717, 1.165) is 36.5 Å². The number of hydrogen-bond donors (Lipinski definition) is 0. The van der Waals surface area contributed by atoms with Gasteiger partial charge in [0.05, 0.1) is 11.5 Å². The van der Waals surface area contributed by atoms with Crippen LogP contribution in [0.25, 0.3) is 0 Å². The number of nitrogens with zero attached hydrogens (tertiary/aromatic N) is 1. The fourth-order valence-electron chi connectivity index (χ4n) is 7.01. The lowest BCUT2D eigenvalue weighted by Gasteiger charge is -2.42. The Hall–Kier alpha value is -0.770. The quantitative estimate of drug-likeness (QED) is 0.259. The van der Waals surface area contributed by atoms with Crippen molar-refractivity contribution in [1.29, 1.82) is 5.26 Å². The van der Waals surface area contributed by atoms with Gasteiger partial charge in [0, 0.05) is 0 Å². The molecule has 1 nitrogen and oxygen atoms in total. The normalized spacial score (nSPS) is 34.9. The molecule has 0 saturated heterocycles. The zero-order chi connectivity index (χ0) is 21.2. The van der Waals surface area contributed by atoms with Gasteiger partial charge in [-0.15, -0.1) is 0 Å². The molecule has 170 valence electrons. The summed E-state index contributed by atoms with van der Waals surface area (Å²) in [5.74, 6) is 3.79. The van der Waals surface area contributed by atoms with Crippen LogP contribution < -0.4 is 0 Å². The van der Waals surface area contributed by atoms with Crippen molar-refractivity contribution >= 4 is 0 Å². The van der Waals surface area contributed by atoms with Crippen molar-refractivity contribution in [1.82, 2.24) is 0 Å². The van der Waals surface area contributed by atoms with Crippen molar-refractivity contribution in [3.8, 4) is 6.07 Å². The van der Waals surface area contributed by atoms with Gasteiger partial charge in [-0.05, 0) is 81.5 Å². The van der Waals surface area contributed by atoms with Gasteiger partial charge >= 0.3 is 0 Å². The maximum atomic E-state index is 10.2. The van der Waals surface area contributed by atoms with Gasteiger partial charge in [-0.25, -0.2) is 0 Å². The Morgan fingerprint density at radius 2 is 1.40 bits per heavy atom. The topological polar surface area (TPSA) is 23.8 Å². The monoisotopic (exact) mass is 411 g/mol. The van der Waals surface area contributed by atoms with Crippen LogP contribution in [0.3, 0.4) is 0 Å². The molecule has 0 amide bonds. The second-order valence-electron chi connectivity index (χ2n) is 11.2. The van der Waals surface area contributed by atoms with Crippen LogP contribution in [0, 0.1) is 40.4 Å². The lowest BCUT2D eigenvalue weighted by atomic mass is 9.61.